The van der Waals surface area contributed by atoms with Crippen molar-refractivity contribution in [2.24, 2.45) is 0 Å². The molecule has 0 spiro atoms. The van der Waals surface area contributed by atoms with Gasteiger partial charge in [-0.2, -0.15) is 10.4 Å². The molecule has 0 aliphatic heterocycles. The fourth-order valence-electron chi connectivity index (χ4n) is 3.66. The van der Waals surface area contributed by atoms with Crippen LogP contribution in [-0.2, 0) is 12.8 Å². The molecule has 9 heteroatoms. The van der Waals surface area contributed by atoms with E-state index < -0.39 is 10.9 Å². The molecular formula is C21H22N3O5S+. The van der Waals surface area contributed by atoms with Gasteiger partial charge in [-0.3, -0.25) is 0 Å². The zero-order valence-corrected chi connectivity index (χ0v) is 17.1. The van der Waals surface area contributed by atoms with Gasteiger partial charge in [0.25, 0.3) is 0 Å². The monoisotopic (exact) mass is 428 g/mol. The van der Waals surface area contributed by atoms with Crippen LogP contribution in [0, 0.1) is 0 Å². The Bertz CT molecular complexity index is 1100. The van der Waals surface area contributed by atoms with E-state index in [0.29, 0.717) is 5.01 Å². The summed E-state index contributed by atoms with van der Waals surface area (Å²) in [5.41, 5.74) is 6.37. The third-order valence-electron chi connectivity index (χ3n) is 5.16. The van der Waals surface area contributed by atoms with Gasteiger partial charge in [0, 0.05) is 5.56 Å². The maximum Gasteiger partial charge on any atom is 0.335 e. The Morgan fingerprint density at radius 1 is 1.20 bits per heavy atom. The van der Waals surface area contributed by atoms with Crippen LogP contribution >= 0.6 is 11.3 Å². The van der Waals surface area contributed by atoms with Crippen LogP contribution in [-0.4, -0.2) is 33.6 Å². The number of methoxy groups -OCH3 is 1. The number of carboxylic acids is 1. The van der Waals surface area contributed by atoms with Crippen molar-refractivity contribution in [2.45, 2.75) is 25.7 Å². The van der Waals surface area contributed by atoms with Crippen molar-refractivity contribution in [2.75, 3.05) is 12.5 Å². The Hall–Kier alpha value is -2.98. The number of aromatic nitrogens is 1. The predicted octanol–water partition coefficient (Wildman–Crippen LogP) is 4.51. The second kappa shape index (κ2) is 8.04. The maximum absolute atomic E-state index is 11.1. The van der Waals surface area contributed by atoms with Crippen molar-refractivity contribution in [3.05, 3.63) is 58.5 Å². The molecule has 0 saturated carbocycles. The van der Waals surface area contributed by atoms with Gasteiger partial charge in [-0.15, -0.1) is 21.8 Å². The summed E-state index contributed by atoms with van der Waals surface area (Å²) >= 11 is 1.33. The van der Waals surface area contributed by atoms with E-state index >= 15 is 0 Å². The standard InChI is InChI=1S/C21H21N3O5S/c1-29-18-11-14(21(25)26)9-10-17(18)23-24(27,28)19-12-30-20(22-19)16-8-4-6-13-5-2-3-7-15(13)16/h4,6,8-12,23,27-28H,2-3,5,7H2,1H3/p+1. The summed E-state index contributed by atoms with van der Waals surface area (Å²) in [6.07, 6.45) is 4.36. The number of thiazole rings is 1. The fraction of sp³-hybridized carbons (Fsp3) is 0.238. The number of aryl methyl sites for hydroxylation is 1. The third-order valence-corrected chi connectivity index (χ3v) is 6.03. The van der Waals surface area contributed by atoms with E-state index in [0.717, 1.165) is 24.8 Å². The molecule has 1 aliphatic rings. The second-order valence-electron chi connectivity index (χ2n) is 7.09. The van der Waals surface area contributed by atoms with Crippen molar-refractivity contribution in [3.63, 3.8) is 0 Å². The number of hydrogen-bond acceptors (Lipinski definition) is 7. The Balaban J connectivity index is 1.63. The average Bonchev–Trinajstić information content (AvgIpc) is 3.24. The normalized spacial score (nSPS) is 13.6. The van der Waals surface area contributed by atoms with Crippen LogP contribution in [0.25, 0.3) is 10.6 Å². The van der Waals surface area contributed by atoms with Crippen molar-refractivity contribution < 1.29 is 25.1 Å². The Kier molecular flexibility index (Phi) is 5.44. The molecule has 0 bridgehead atoms. The van der Waals surface area contributed by atoms with Crippen LogP contribution in [0.3, 0.4) is 0 Å². The molecule has 0 saturated heterocycles. The van der Waals surface area contributed by atoms with Gasteiger partial charge in [0.2, 0.25) is 0 Å². The summed E-state index contributed by atoms with van der Waals surface area (Å²) in [4.78, 5) is 13.9. The molecule has 3 aromatic rings. The molecular weight excluding hydrogens is 406 g/mol. The SMILES string of the molecule is COc1cc(C(=O)O)ccc1N[N+](O)(O)c1csc(-c2cccc3c2CCCC3)n1. The molecule has 30 heavy (non-hydrogen) atoms. The first-order valence-corrected chi connectivity index (χ1v) is 10.4. The molecule has 2 aromatic carbocycles. The lowest BCUT2D eigenvalue weighted by atomic mass is 9.88. The molecule has 0 fully saturated rings. The minimum atomic E-state index is -1.70. The Labute approximate surface area is 177 Å². The molecule has 0 atom stereocenters. The van der Waals surface area contributed by atoms with Crippen LogP contribution in [0.4, 0.5) is 11.5 Å². The number of nitrogens with zero attached hydrogens (tertiary/aromatic N) is 2. The van der Waals surface area contributed by atoms with Crippen LogP contribution in [0.5, 0.6) is 5.75 Å². The minimum Gasteiger partial charge on any atom is -0.494 e. The van der Waals surface area contributed by atoms with Gasteiger partial charge in [0.15, 0.2) is 0 Å². The second-order valence-corrected chi connectivity index (χ2v) is 7.95. The van der Waals surface area contributed by atoms with Crippen molar-refractivity contribution >= 4 is 28.8 Å². The largest absolute Gasteiger partial charge is 0.494 e. The number of anilines is 1. The topological polar surface area (TPSA) is 112 Å². The molecule has 1 aliphatic carbocycles. The number of quaternary nitrogens is 1. The van der Waals surface area contributed by atoms with Crippen LogP contribution < -0.4 is 15.1 Å². The van der Waals surface area contributed by atoms with Gasteiger partial charge in [0.05, 0.1) is 18.1 Å². The quantitative estimate of drug-likeness (QED) is 0.338. The van der Waals surface area contributed by atoms with E-state index in [1.807, 2.05) is 12.1 Å². The summed E-state index contributed by atoms with van der Waals surface area (Å²) in [5, 5.41) is 32.6. The zero-order valence-electron chi connectivity index (χ0n) is 16.3. The molecule has 0 unspecified atom stereocenters. The van der Waals surface area contributed by atoms with Gasteiger partial charge in [-0.1, -0.05) is 18.2 Å². The first kappa shape index (κ1) is 20.3. The Morgan fingerprint density at radius 3 is 2.77 bits per heavy atom. The van der Waals surface area contributed by atoms with Crippen LogP contribution in [0.15, 0.2) is 41.8 Å². The van der Waals surface area contributed by atoms with Crippen LogP contribution in [0.2, 0.25) is 0 Å². The van der Waals surface area contributed by atoms with E-state index in [9.17, 15) is 15.2 Å². The number of hydrogen-bond donors (Lipinski definition) is 4. The molecule has 0 amide bonds. The maximum atomic E-state index is 11.1. The number of aromatic carboxylic acids is 1. The van der Waals surface area contributed by atoms with E-state index in [-0.39, 0.29) is 22.8 Å². The fourth-order valence-corrected chi connectivity index (χ4v) is 4.54. The number of carboxylic acid groups (broad SMARTS) is 1. The van der Waals surface area contributed by atoms with Crippen LogP contribution in [0.1, 0.15) is 34.3 Å². The molecule has 0 radical (unpaired) electrons. The highest BCUT2D eigenvalue weighted by Crippen LogP contribution is 2.36. The van der Waals surface area contributed by atoms with Crippen molar-refractivity contribution in [1.29, 1.82) is 0 Å². The summed E-state index contributed by atoms with van der Waals surface area (Å²) in [6.45, 7) is 0. The van der Waals surface area contributed by atoms with E-state index in [1.54, 1.807) is 5.38 Å². The molecule has 1 aromatic heterocycles. The smallest absolute Gasteiger partial charge is 0.335 e. The van der Waals surface area contributed by atoms with E-state index in [1.165, 1.54) is 54.2 Å². The molecule has 4 rings (SSSR count). The third kappa shape index (κ3) is 3.88. The number of benzene rings is 2. The highest BCUT2D eigenvalue weighted by atomic mass is 32.1. The molecule has 1 heterocycles. The summed E-state index contributed by atoms with van der Waals surface area (Å²) in [5.74, 6) is -0.954. The average molecular weight is 428 g/mol. The number of ether oxygens (including phenoxy) is 1. The number of nitrogens with one attached hydrogen (secondary N) is 1. The number of carbonyl (C=O) groups is 1. The molecule has 156 valence electrons. The summed E-state index contributed by atoms with van der Waals surface area (Å²) in [7, 11) is 1.37. The number of fused-ring (bicyclic) bond motifs is 1. The van der Waals surface area contributed by atoms with Gasteiger partial charge < -0.3 is 9.84 Å². The minimum absolute atomic E-state index is 0.00669. The van der Waals surface area contributed by atoms with E-state index in [4.69, 9.17) is 9.84 Å². The summed E-state index contributed by atoms with van der Waals surface area (Å²) < 4.78 is 5.18. The lowest BCUT2D eigenvalue weighted by molar-refractivity contribution is -0.274. The first-order valence-electron chi connectivity index (χ1n) is 9.50. The van der Waals surface area contributed by atoms with Crippen molar-refractivity contribution in [1.82, 2.24) is 9.90 Å². The van der Waals surface area contributed by atoms with Gasteiger partial charge >= 0.3 is 11.8 Å². The first-order chi connectivity index (χ1) is 14.4. The molecule has 4 N–H and O–H groups in total. The zero-order chi connectivity index (χ0) is 21.3. The lowest BCUT2D eigenvalue weighted by Gasteiger charge is -2.20. The van der Waals surface area contributed by atoms with Gasteiger partial charge in [-0.25, -0.2) is 4.79 Å². The summed E-state index contributed by atoms with van der Waals surface area (Å²) in [6, 6.07) is 10.2. The van der Waals surface area contributed by atoms with Crippen molar-refractivity contribution in [3.8, 4) is 16.3 Å². The molecule has 8 nitrogen and oxygen atoms in total. The highest BCUT2D eigenvalue weighted by Gasteiger charge is 2.33. The van der Waals surface area contributed by atoms with Gasteiger partial charge in [0.1, 0.15) is 21.4 Å². The number of rotatable bonds is 6. The van der Waals surface area contributed by atoms with E-state index in [2.05, 4.69) is 16.5 Å². The predicted molar refractivity (Wildman–Crippen MR) is 113 cm³/mol. The van der Waals surface area contributed by atoms with Gasteiger partial charge in [-0.05, 0) is 55.0 Å². The highest BCUT2D eigenvalue weighted by molar-refractivity contribution is 7.13. The lowest BCUT2D eigenvalue weighted by Crippen LogP contribution is -2.48. The Morgan fingerprint density at radius 2 is 2.00 bits per heavy atom.